The Labute approximate surface area is 249 Å². The SMILES string of the molecule is COc1cc(C(=O)NC(N)=NCCc2ccc(Cl)c(NC(=O)c3ccc(-c4ccccc4)cc3)c2)cc(OC)c1OC. The van der Waals surface area contributed by atoms with Crippen molar-refractivity contribution in [2.45, 2.75) is 6.42 Å². The molecule has 10 heteroatoms. The minimum atomic E-state index is -0.483. The molecule has 4 rings (SSSR count). The highest BCUT2D eigenvalue weighted by Gasteiger charge is 2.17. The summed E-state index contributed by atoms with van der Waals surface area (Å²) in [7, 11) is 4.41. The molecule has 0 saturated carbocycles. The lowest BCUT2D eigenvalue weighted by Crippen LogP contribution is -2.37. The highest BCUT2D eigenvalue weighted by molar-refractivity contribution is 6.34. The first-order valence-electron chi connectivity index (χ1n) is 13.0. The van der Waals surface area contributed by atoms with Crippen molar-refractivity contribution in [3.8, 4) is 28.4 Å². The van der Waals surface area contributed by atoms with Gasteiger partial charge in [0.1, 0.15) is 0 Å². The predicted octanol–water partition coefficient (Wildman–Crippen LogP) is 5.57. The summed E-state index contributed by atoms with van der Waals surface area (Å²) < 4.78 is 15.9. The van der Waals surface area contributed by atoms with Crippen LogP contribution in [0.25, 0.3) is 11.1 Å². The number of carbonyl (C=O) groups is 2. The smallest absolute Gasteiger partial charge is 0.258 e. The summed E-state index contributed by atoms with van der Waals surface area (Å²) in [6, 6.07) is 25.7. The molecule has 0 saturated heterocycles. The average molecular weight is 587 g/mol. The minimum absolute atomic E-state index is 0.0461. The van der Waals surface area contributed by atoms with Gasteiger partial charge in [0.15, 0.2) is 17.5 Å². The third kappa shape index (κ3) is 7.38. The second-order valence-electron chi connectivity index (χ2n) is 9.10. The van der Waals surface area contributed by atoms with Crippen molar-refractivity contribution in [1.29, 1.82) is 0 Å². The Balaban J connectivity index is 1.36. The fourth-order valence-corrected chi connectivity index (χ4v) is 4.37. The number of nitrogens with one attached hydrogen (secondary N) is 2. The number of ether oxygens (including phenoxy) is 3. The molecule has 0 aliphatic heterocycles. The Morgan fingerprint density at radius 3 is 2.05 bits per heavy atom. The van der Waals surface area contributed by atoms with E-state index in [1.165, 1.54) is 33.5 Å². The summed E-state index contributed by atoms with van der Waals surface area (Å²) in [6.07, 6.45) is 0.493. The Morgan fingerprint density at radius 1 is 0.786 bits per heavy atom. The van der Waals surface area contributed by atoms with Crippen LogP contribution in [0.3, 0.4) is 0 Å². The molecule has 0 aliphatic rings. The van der Waals surface area contributed by atoms with E-state index in [-0.39, 0.29) is 24.0 Å². The normalized spacial score (nSPS) is 11.0. The molecule has 4 aromatic carbocycles. The number of aliphatic imine (C=N–C) groups is 1. The average Bonchev–Trinajstić information content (AvgIpc) is 3.02. The fraction of sp³-hybridized carbons (Fsp3) is 0.156. The number of nitrogens with two attached hydrogens (primary N) is 1. The summed E-state index contributed by atoms with van der Waals surface area (Å²) in [5, 5.41) is 5.85. The van der Waals surface area contributed by atoms with Crippen LogP contribution in [0.4, 0.5) is 5.69 Å². The van der Waals surface area contributed by atoms with Gasteiger partial charge in [-0.25, -0.2) is 0 Å². The van der Waals surface area contributed by atoms with E-state index >= 15 is 0 Å². The van der Waals surface area contributed by atoms with Crippen LogP contribution in [0.5, 0.6) is 17.2 Å². The van der Waals surface area contributed by atoms with E-state index in [4.69, 9.17) is 31.5 Å². The van der Waals surface area contributed by atoms with Crippen molar-refractivity contribution >= 4 is 35.1 Å². The largest absolute Gasteiger partial charge is 0.493 e. The topological polar surface area (TPSA) is 124 Å². The second kappa shape index (κ2) is 14.0. The summed E-state index contributed by atoms with van der Waals surface area (Å²) in [5.74, 6) is 0.252. The molecule has 0 aliphatic carbocycles. The van der Waals surface area contributed by atoms with Crippen LogP contribution >= 0.6 is 11.6 Å². The second-order valence-corrected chi connectivity index (χ2v) is 9.50. The molecular formula is C32H31ClN4O5. The zero-order valence-electron chi connectivity index (χ0n) is 23.4. The first-order chi connectivity index (χ1) is 20.3. The Morgan fingerprint density at radius 2 is 1.43 bits per heavy atom. The van der Waals surface area contributed by atoms with E-state index in [9.17, 15) is 9.59 Å². The summed E-state index contributed by atoms with van der Waals surface area (Å²) in [6.45, 7) is 0.289. The van der Waals surface area contributed by atoms with Crippen molar-refractivity contribution in [1.82, 2.24) is 5.32 Å². The van der Waals surface area contributed by atoms with E-state index in [2.05, 4.69) is 15.6 Å². The highest BCUT2D eigenvalue weighted by atomic mass is 35.5. The molecule has 0 spiro atoms. The van der Waals surface area contributed by atoms with Gasteiger partial charge in [0.05, 0.1) is 32.0 Å². The standard InChI is InChI=1S/C32H31ClN4O5/c1-40-27-18-24(19-28(41-2)29(27)42-3)31(39)37-32(34)35-16-15-20-9-14-25(33)26(17-20)36-30(38)23-12-10-22(11-13-23)21-7-5-4-6-8-21/h4-14,17-19H,15-16H2,1-3H3,(H,36,38)(H3,34,35,37,39). The molecule has 4 N–H and O–H groups in total. The molecule has 0 radical (unpaired) electrons. The number of halogens is 1. The number of anilines is 1. The van der Waals surface area contributed by atoms with E-state index < -0.39 is 5.91 Å². The number of benzene rings is 4. The molecule has 9 nitrogen and oxygen atoms in total. The van der Waals surface area contributed by atoms with Gasteiger partial charge in [-0.05, 0) is 59.5 Å². The lowest BCUT2D eigenvalue weighted by molar-refractivity contribution is 0.0974. The van der Waals surface area contributed by atoms with Gasteiger partial charge in [-0.3, -0.25) is 19.9 Å². The van der Waals surface area contributed by atoms with E-state index in [1.54, 1.807) is 24.3 Å². The van der Waals surface area contributed by atoms with Gasteiger partial charge in [0.25, 0.3) is 11.8 Å². The van der Waals surface area contributed by atoms with Crippen LogP contribution in [0.15, 0.2) is 89.9 Å². The van der Waals surface area contributed by atoms with Crippen LogP contribution < -0.4 is 30.6 Å². The zero-order valence-corrected chi connectivity index (χ0v) is 24.2. The van der Waals surface area contributed by atoms with Crippen molar-refractivity contribution < 1.29 is 23.8 Å². The number of rotatable bonds is 10. The van der Waals surface area contributed by atoms with Crippen LogP contribution in [-0.4, -0.2) is 45.6 Å². The van der Waals surface area contributed by atoms with Crippen molar-refractivity contribution in [3.63, 3.8) is 0 Å². The summed E-state index contributed by atoms with van der Waals surface area (Å²) in [5.41, 5.74) is 10.2. The minimum Gasteiger partial charge on any atom is -0.493 e. The molecular weight excluding hydrogens is 556 g/mol. The quantitative estimate of drug-likeness (QED) is 0.165. The number of guanidine groups is 1. The van der Waals surface area contributed by atoms with Gasteiger partial charge >= 0.3 is 0 Å². The third-order valence-electron chi connectivity index (χ3n) is 6.38. The number of nitrogens with zero attached hydrogens (tertiary/aromatic N) is 1. The molecule has 4 aromatic rings. The van der Waals surface area contributed by atoms with Crippen LogP contribution in [0, 0.1) is 0 Å². The Hall–Kier alpha value is -5.02. The van der Waals surface area contributed by atoms with Crippen molar-refractivity contribution in [3.05, 3.63) is 107 Å². The summed E-state index contributed by atoms with van der Waals surface area (Å²) >= 11 is 6.36. The molecule has 0 heterocycles. The maximum absolute atomic E-state index is 12.9. The van der Waals surface area contributed by atoms with Crippen molar-refractivity contribution in [2.24, 2.45) is 10.7 Å². The molecule has 0 atom stereocenters. The highest BCUT2D eigenvalue weighted by Crippen LogP contribution is 2.38. The molecule has 0 fully saturated rings. The lowest BCUT2D eigenvalue weighted by Gasteiger charge is -2.14. The first-order valence-corrected chi connectivity index (χ1v) is 13.4. The van der Waals surface area contributed by atoms with Crippen LogP contribution in [-0.2, 0) is 6.42 Å². The zero-order chi connectivity index (χ0) is 30.1. The Kier molecular flexibility index (Phi) is 10.0. The van der Waals surface area contributed by atoms with Gasteiger partial charge in [0.2, 0.25) is 5.75 Å². The first kappa shape index (κ1) is 30.0. The predicted molar refractivity (Wildman–Crippen MR) is 165 cm³/mol. The van der Waals surface area contributed by atoms with Crippen LogP contribution in [0.2, 0.25) is 5.02 Å². The molecule has 216 valence electrons. The van der Waals surface area contributed by atoms with Gasteiger partial charge in [0, 0.05) is 17.7 Å². The van der Waals surface area contributed by atoms with Gasteiger partial charge in [-0.1, -0.05) is 60.1 Å². The number of hydrogen-bond donors (Lipinski definition) is 3. The number of methoxy groups -OCH3 is 3. The number of hydrogen-bond acceptors (Lipinski definition) is 6. The maximum Gasteiger partial charge on any atom is 0.258 e. The molecule has 0 unspecified atom stereocenters. The van der Waals surface area contributed by atoms with Crippen molar-refractivity contribution in [2.75, 3.05) is 33.2 Å². The van der Waals surface area contributed by atoms with Gasteiger partial charge < -0.3 is 25.3 Å². The molecule has 0 aromatic heterocycles. The molecule has 0 bridgehead atoms. The third-order valence-corrected chi connectivity index (χ3v) is 6.71. The lowest BCUT2D eigenvalue weighted by atomic mass is 10.0. The van der Waals surface area contributed by atoms with Crippen LogP contribution in [0.1, 0.15) is 26.3 Å². The summed E-state index contributed by atoms with van der Waals surface area (Å²) in [4.78, 5) is 29.9. The molecule has 2 amide bonds. The number of carbonyl (C=O) groups excluding carboxylic acids is 2. The van der Waals surface area contributed by atoms with Gasteiger partial charge in [-0.2, -0.15) is 0 Å². The van der Waals surface area contributed by atoms with E-state index in [1.807, 2.05) is 48.5 Å². The Bertz CT molecular complexity index is 1570. The van der Waals surface area contributed by atoms with E-state index in [0.29, 0.717) is 39.9 Å². The van der Waals surface area contributed by atoms with Gasteiger partial charge in [-0.15, -0.1) is 0 Å². The number of amides is 2. The van der Waals surface area contributed by atoms with E-state index in [0.717, 1.165) is 16.7 Å². The fourth-order valence-electron chi connectivity index (χ4n) is 4.21. The molecule has 42 heavy (non-hydrogen) atoms. The monoisotopic (exact) mass is 586 g/mol. The maximum atomic E-state index is 12.9.